The molecule has 1 N–H and O–H groups in total. The highest BCUT2D eigenvalue weighted by Gasteiger charge is 2.19. The molecular weight excluding hydrogens is 394 g/mol. The molecule has 0 bridgehead atoms. The summed E-state index contributed by atoms with van der Waals surface area (Å²) >= 11 is 0. The number of nitrogens with one attached hydrogen (secondary N) is 1. The van der Waals surface area contributed by atoms with Gasteiger partial charge >= 0.3 is 0 Å². The van der Waals surface area contributed by atoms with E-state index in [0.717, 1.165) is 12.0 Å². The first-order valence-corrected chi connectivity index (χ1v) is 10.4. The maximum absolute atomic E-state index is 12.6. The lowest BCUT2D eigenvalue weighted by molar-refractivity contribution is -0.134. The van der Waals surface area contributed by atoms with Crippen LogP contribution in [0.3, 0.4) is 0 Å². The molecule has 0 spiro atoms. The van der Waals surface area contributed by atoms with Gasteiger partial charge < -0.3 is 24.3 Å². The van der Waals surface area contributed by atoms with Gasteiger partial charge in [0.05, 0.1) is 7.11 Å². The zero-order valence-electron chi connectivity index (χ0n) is 18.5. The number of amides is 1. The van der Waals surface area contributed by atoms with Crippen LogP contribution < -0.4 is 19.5 Å². The van der Waals surface area contributed by atoms with Crippen molar-refractivity contribution in [2.75, 3.05) is 33.5 Å². The summed E-state index contributed by atoms with van der Waals surface area (Å²) in [5.74, 6) is 4.14. The third-order valence-corrected chi connectivity index (χ3v) is 4.65. The summed E-state index contributed by atoms with van der Waals surface area (Å²) in [6, 6.07) is 13.5. The van der Waals surface area contributed by atoms with Crippen LogP contribution >= 0.6 is 0 Å². The second-order valence-electron chi connectivity index (χ2n) is 6.77. The Labute approximate surface area is 184 Å². The second kappa shape index (κ2) is 13.2. The van der Waals surface area contributed by atoms with Crippen LogP contribution in [0.4, 0.5) is 0 Å². The smallest absolute Gasteiger partial charge is 0.252 e. The van der Waals surface area contributed by atoms with Crippen LogP contribution in [-0.4, -0.2) is 45.5 Å². The van der Waals surface area contributed by atoms with Gasteiger partial charge in [0.2, 0.25) is 0 Å². The van der Waals surface area contributed by atoms with E-state index in [2.05, 4.69) is 18.2 Å². The predicted octanol–water partition coefficient (Wildman–Crippen LogP) is 3.41. The molecule has 6 heteroatoms. The fraction of sp³-hybridized carbons (Fsp3) is 0.400. The number of terminal acetylenes is 1. The molecular formula is C25H31NO5. The van der Waals surface area contributed by atoms with Crippen LogP contribution in [0.25, 0.3) is 0 Å². The highest BCUT2D eigenvalue weighted by Crippen LogP contribution is 2.28. The fourth-order valence-corrected chi connectivity index (χ4v) is 2.94. The van der Waals surface area contributed by atoms with Gasteiger partial charge in [-0.05, 0) is 55.2 Å². The molecule has 0 saturated heterocycles. The topological polar surface area (TPSA) is 66.0 Å². The van der Waals surface area contributed by atoms with E-state index in [1.165, 1.54) is 5.56 Å². The van der Waals surface area contributed by atoms with Crippen molar-refractivity contribution in [3.05, 3.63) is 53.6 Å². The van der Waals surface area contributed by atoms with Crippen LogP contribution in [0, 0.1) is 12.3 Å². The Morgan fingerprint density at radius 2 is 1.81 bits per heavy atom. The lowest BCUT2D eigenvalue weighted by Crippen LogP contribution is -2.41. The van der Waals surface area contributed by atoms with Crippen LogP contribution in [0.1, 0.15) is 25.0 Å². The fourth-order valence-electron chi connectivity index (χ4n) is 2.94. The third kappa shape index (κ3) is 7.88. The number of methoxy groups -OCH3 is 1. The van der Waals surface area contributed by atoms with Crippen molar-refractivity contribution >= 4 is 5.91 Å². The molecule has 31 heavy (non-hydrogen) atoms. The van der Waals surface area contributed by atoms with E-state index in [1.807, 2.05) is 49.4 Å². The third-order valence-electron chi connectivity index (χ3n) is 4.65. The van der Waals surface area contributed by atoms with Gasteiger partial charge in [-0.15, -0.1) is 6.42 Å². The summed E-state index contributed by atoms with van der Waals surface area (Å²) in [7, 11) is 1.58. The van der Waals surface area contributed by atoms with Crippen molar-refractivity contribution in [3.8, 4) is 29.6 Å². The van der Waals surface area contributed by atoms with E-state index < -0.39 is 6.10 Å². The minimum atomic E-state index is -0.676. The Morgan fingerprint density at radius 3 is 2.45 bits per heavy atom. The summed E-state index contributed by atoms with van der Waals surface area (Å²) < 4.78 is 22.1. The highest BCUT2D eigenvalue weighted by atomic mass is 16.5. The van der Waals surface area contributed by atoms with Gasteiger partial charge in [-0.2, -0.15) is 0 Å². The van der Waals surface area contributed by atoms with Crippen LogP contribution in [0.2, 0.25) is 0 Å². The zero-order chi connectivity index (χ0) is 22.5. The number of rotatable bonds is 13. The Morgan fingerprint density at radius 1 is 1.06 bits per heavy atom. The molecule has 6 nitrogen and oxygen atoms in total. The van der Waals surface area contributed by atoms with E-state index in [4.69, 9.17) is 25.4 Å². The SMILES string of the molecule is C#CCOc1ccc(CCNC(=O)[C@@H](COc2ccc(CC)cc2)OCC)cc1OC. The summed E-state index contributed by atoms with van der Waals surface area (Å²) in [5, 5.41) is 2.91. The number of hydrogen-bond donors (Lipinski definition) is 1. The molecule has 0 saturated carbocycles. The molecule has 0 heterocycles. The van der Waals surface area contributed by atoms with Crippen molar-refractivity contribution in [2.45, 2.75) is 32.8 Å². The monoisotopic (exact) mass is 425 g/mol. The van der Waals surface area contributed by atoms with Crippen molar-refractivity contribution < 1.29 is 23.7 Å². The average molecular weight is 426 g/mol. The first-order chi connectivity index (χ1) is 15.1. The molecule has 0 aliphatic carbocycles. The quantitative estimate of drug-likeness (QED) is 0.498. The van der Waals surface area contributed by atoms with Crippen molar-refractivity contribution in [2.24, 2.45) is 0 Å². The molecule has 166 valence electrons. The number of benzene rings is 2. The van der Waals surface area contributed by atoms with Crippen LogP contribution in [0.15, 0.2) is 42.5 Å². The van der Waals surface area contributed by atoms with Crippen molar-refractivity contribution in [1.82, 2.24) is 5.32 Å². The first-order valence-electron chi connectivity index (χ1n) is 10.4. The number of aryl methyl sites for hydroxylation is 1. The van der Waals surface area contributed by atoms with Gasteiger partial charge in [-0.1, -0.05) is 31.0 Å². The summed E-state index contributed by atoms with van der Waals surface area (Å²) in [6.45, 7) is 5.17. The first kappa shape index (κ1) is 24.1. The summed E-state index contributed by atoms with van der Waals surface area (Å²) in [4.78, 5) is 12.6. The molecule has 1 atom stereocenters. The number of carbonyl (C=O) groups excluding carboxylic acids is 1. The average Bonchev–Trinajstić information content (AvgIpc) is 2.80. The van der Waals surface area contributed by atoms with Crippen LogP contribution in [0.5, 0.6) is 17.2 Å². The molecule has 2 rings (SSSR count). The van der Waals surface area contributed by atoms with Crippen LogP contribution in [-0.2, 0) is 22.4 Å². The largest absolute Gasteiger partial charge is 0.493 e. The minimum absolute atomic E-state index is 0.153. The summed E-state index contributed by atoms with van der Waals surface area (Å²) in [5.41, 5.74) is 2.24. The van der Waals surface area contributed by atoms with Gasteiger partial charge in [-0.25, -0.2) is 0 Å². The van der Waals surface area contributed by atoms with Gasteiger partial charge in [0.15, 0.2) is 17.6 Å². The van der Waals surface area contributed by atoms with E-state index in [-0.39, 0.29) is 19.1 Å². The van der Waals surface area contributed by atoms with Crippen molar-refractivity contribution in [1.29, 1.82) is 0 Å². The van der Waals surface area contributed by atoms with E-state index in [0.29, 0.717) is 36.8 Å². The van der Waals surface area contributed by atoms with Gasteiger partial charge in [0.1, 0.15) is 19.0 Å². The molecule has 0 radical (unpaired) electrons. The van der Waals surface area contributed by atoms with Gasteiger partial charge in [-0.3, -0.25) is 4.79 Å². The molecule has 0 aliphatic heterocycles. The molecule has 1 amide bonds. The molecule has 0 aromatic heterocycles. The summed E-state index contributed by atoms with van der Waals surface area (Å²) in [6.07, 6.45) is 6.16. The Hall–Kier alpha value is -3.17. The number of hydrogen-bond acceptors (Lipinski definition) is 5. The highest BCUT2D eigenvalue weighted by molar-refractivity contribution is 5.81. The Bertz CT molecular complexity index is 857. The number of ether oxygens (including phenoxy) is 4. The van der Waals surface area contributed by atoms with E-state index in [9.17, 15) is 4.79 Å². The lowest BCUT2D eigenvalue weighted by atomic mass is 10.1. The van der Waals surface area contributed by atoms with Gasteiger partial charge in [0, 0.05) is 13.2 Å². The lowest BCUT2D eigenvalue weighted by Gasteiger charge is -2.18. The molecule has 2 aromatic rings. The maximum Gasteiger partial charge on any atom is 0.252 e. The minimum Gasteiger partial charge on any atom is -0.493 e. The number of carbonyl (C=O) groups is 1. The Kier molecular flexibility index (Phi) is 10.3. The van der Waals surface area contributed by atoms with E-state index in [1.54, 1.807) is 7.11 Å². The predicted molar refractivity (Wildman–Crippen MR) is 121 cm³/mol. The maximum atomic E-state index is 12.6. The normalized spacial score (nSPS) is 11.3. The van der Waals surface area contributed by atoms with E-state index >= 15 is 0 Å². The van der Waals surface area contributed by atoms with Crippen molar-refractivity contribution in [3.63, 3.8) is 0 Å². The molecule has 0 aliphatic rings. The molecule has 0 fully saturated rings. The standard InChI is InChI=1S/C25H31NO5/c1-5-16-30-22-13-10-20(17-23(22)28-4)14-15-26-25(27)24(29-7-3)18-31-21-11-8-19(6-2)9-12-21/h1,8-13,17,24H,6-7,14-16,18H2,2-4H3,(H,26,27)/t24-/m1/s1. The second-order valence-corrected chi connectivity index (χ2v) is 6.77. The zero-order valence-corrected chi connectivity index (χ0v) is 18.5. The molecule has 2 aromatic carbocycles. The Balaban J connectivity index is 1.85. The molecule has 0 unspecified atom stereocenters. The van der Waals surface area contributed by atoms with Gasteiger partial charge in [0.25, 0.3) is 5.91 Å².